The molecule has 6 heteroatoms. The fraction of sp³-hybridized carbons (Fsp3) is 0.143. The molecular formula is C14H14ClFN2O2. The number of ether oxygens (including phenoxy) is 1. The number of hydrogen-bond acceptors (Lipinski definition) is 4. The van der Waals surface area contributed by atoms with Crippen LogP contribution in [0.4, 0.5) is 10.1 Å². The predicted octanol–water partition coefficient (Wildman–Crippen LogP) is 3.55. The summed E-state index contributed by atoms with van der Waals surface area (Å²) in [7, 11) is 1.42. The number of ketones is 1. The van der Waals surface area contributed by atoms with Gasteiger partial charge < -0.3 is 10.1 Å². The van der Waals surface area contributed by atoms with Gasteiger partial charge in [-0.1, -0.05) is 11.6 Å². The number of Topliss-reactive ketones (excluding diaryl/α,β-unsaturated/α-hetero) is 1. The smallest absolute Gasteiger partial charge is 0.165 e. The third kappa shape index (κ3) is 4.20. The first kappa shape index (κ1) is 15.9. The van der Waals surface area contributed by atoms with Gasteiger partial charge in [0.05, 0.1) is 23.9 Å². The van der Waals surface area contributed by atoms with Crippen LogP contribution < -0.4 is 5.32 Å². The zero-order valence-corrected chi connectivity index (χ0v) is 11.9. The highest BCUT2D eigenvalue weighted by molar-refractivity contribution is 6.31. The zero-order valence-electron chi connectivity index (χ0n) is 11.1. The average molecular weight is 297 g/mol. The maximum Gasteiger partial charge on any atom is 0.165 e. The van der Waals surface area contributed by atoms with Crippen LogP contribution in [-0.4, -0.2) is 19.6 Å². The summed E-state index contributed by atoms with van der Waals surface area (Å²) in [4.78, 5) is 15.1. The summed E-state index contributed by atoms with van der Waals surface area (Å²) in [5.74, 6) is -0.461. The lowest BCUT2D eigenvalue weighted by Crippen LogP contribution is -2.05. The summed E-state index contributed by atoms with van der Waals surface area (Å²) in [6.07, 6.45) is 2.76. The van der Waals surface area contributed by atoms with E-state index in [1.807, 2.05) is 0 Å². The minimum atomic E-state index is -0.513. The van der Waals surface area contributed by atoms with Gasteiger partial charge in [-0.3, -0.25) is 9.79 Å². The Labute approximate surface area is 121 Å². The van der Waals surface area contributed by atoms with Crippen LogP contribution in [0.3, 0.4) is 0 Å². The first-order chi connectivity index (χ1) is 9.49. The first-order valence-corrected chi connectivity index (χ1v) is 6.00. The Balaban J connectivity index is 3.03. The molecule has 1 rings (SSSR count). The summed E-state index contributed by atoms with van der Waals surface area (Å²) < 4.78 is 18.1. The Morgan fingerprint density at radius 1 is 1.55 bits per heavy atom. The number of anilines is 1. The number of aliphatic imine (C=N–C) groups is 1. The zero-order chi connectivity index (χ0) is 15.1. The van der Waals surface area contributed by atoms with Crippen molar-refractivity contribution in [1.82, 2.24) is 0 Å². The van der Waals surface area contributed by atoms with E-state index in [0.29, 0.717) is 5.69 Å². The minimum Gasteiger partial charge on any atom is -0.494 e. The van der Waals surface area contributed by atoms with E-state index in [-0.39, 0.29) is 22.1 Å². The van der Waals surface area contributed by atoms with Gasteiger partial charge in [-0.05, 0) is 31.8 Å². The van der Waals surface area contributed by atoms with Crippen molar-refractivity contribution < 1.29 is 13.9 Å². The number of carbonyl (C=O) groups is 1. The summed E-state index contributed by atoms with van der Waals surface area (Å²) >= 11 is 5.67. The lowest BCUT2D eigenvalue weighted by molar-refractivity contribution is -0.113. The van der Waals surface area contributed by atoms with Gasteiger partial charge in [-0.2, -0.15) is 0 Å². The molecule has 0 atom stereocenters. The molecule has 0 amide bonds. The molecule has 0 aliphatic carbocycles. The molecule has 0 saturated heterocycles. The van der Waals surface area contributed by atoms with Crippen LogP contribution in [0.25, 0.3) is 0 Å². The first-order valence-electron chi connectivity index (χ1n) is 5.62. The molecule has 1 aromatic carbocycles. The molecule has 0 aromatic heterocycles. The lowest BCUT2D eigenvalue weighted by Gasteiger charge is -2.08. The molecule has 0 saturated carbocycles. The Bertz CT molecular complexity index is 583. The highest BCUT2D eigenvalue weighted by Crippen LogP contribution is 2.20. The van der Waals surface area contributed by atoms with Crippen molar-refractivity contribution in [2.45, 2.75) is 6.92 Å². The third-order valence-corrected chi connectivity index (χ3v) is 2.67. The number of carbonyl (C=O) groups excluding carboxylic acids is 1. The van der Waals surface area contributed by atoms with E-state index >= 15 is 0 Å². The molecule has 0 radical (unpaired) electrons. The van der Waals surface area contributed by atoms with Crippen molar-refractivity contribution in [2.24, 2.45) is 4.99 Å². The summed E-state index contributed by atoms with van der Waals surface area (Å²) in [6, 6.07) is 4.13. The molecule has 0 aliphatic heterocycles. The second-order valence-electron chi connectivity index (χ2n) is 3.77. The summed E-state index contributed by atoms with van der Waals surface area (Å²) in [5, 5.41) is 2.84. The van der Waals surface area contributed by atoms with Gasteiger partial charge >= 0.3 is 0 Å². The largest absolute Gasteiger partial charge is 0.494 e. The van der Waals surface area contributed by atoms with E-state index in [9.17, 15) is 9.18 Å². The number of halogens is 2. The standard InChI is InChI=1S/C14H14ClFN2O2/c1-9(19)11(14(20-3)8-17-2)7-18-10-4-5-13(16)12(15)6-10/h4-8,18H,2H2,1,3H3/b11-7?,14-8+. The molecule has 0 fully saturated rings. The van der Waals surface area contributed by atoms with Crippen molar-refractivity contribution in [1.29, 1.82) is 0 Å². The number of nitrogens with zero attached hydrogens (tertiary/aromatic N) is 1. The van der Waals surface area contributed by atoms with E-state index in [0.717, 1.165) is 0 Å². The monoisotopic (exact) mass is 296 g/mol. The Kier molecular flexibility index (Phi) is 5.93. The molecule has 0 unspecified atom stereocenters. The SMILES string of the molecule is C=N/C=C(/OC)C(=CNc1ccc(F)c(Cl)c1)C(C)=O. The van der Waals surface area contributed by atoms with Crippen LogP contribution in [0.2, 0.25) is 5.02 Å². The number of allylic oxidation sites excluding steroid dienone is 1. The van der Waals surface area contributed by atoms with Crippen LogP contribution in [-0.2, 0) is 9.53 Å². The lowest BCUT2D eigenvalue weighted by atomic mass is 10.1. The second kappa shape index (κ2) is 7.45. The van der Waals surface area contributed by atoms with Crippen LogP contribution >= 0.6 is 11.6 Å². The maximum atomic E-state index is 13.0. The number of rotatable bonds is 6. The van der Waals surface area contributed by atoms with Crippen LogP contribution in [0.5, 0.6) is 0 Å². The molecule has 1 aromatic rings. The van der Waals surface area contributed by atoms with E-state index in [2.05, 4.69) is 17.0 Å². The van der Waals surface area contributed by atoms with E-state index in [4.69, 9.17) is 16.3 Å². The van der Waals surface area contributed by atoms with Crippen molar-refractivity contribution in [3.05, 3.63) is 52.8 Å². The molecule has 106 valence electrons. The Morgan fingerprint density at radius 3 is 2.75 bits per heavy atom. The van der Waals surface area contributed by atoms with Crippen LogP contribution in [0, 0.1) is 5.82 Å². The van der Waals surface area contributed by atoms with Gasteiger partial charge in [0.1, 0.15) is 11.6 Å². The minimum absolute atomic E-state index is 0.0111. The number of hydrogen-bond donors (Lipinski definition) is 1. The fourth-order valence-electron chi connectivity index (χ4n) is 1.40. The third-order valence-electron chi connectivity index (χ3n) is 2.38. The molecule has 0 heterocycles. The van der Waals surface area contributed by atoms with Crippen molar-refractivity contribution >= 4 is 29.8 Å². The predicted molar refractivity (Wildman–Crippen MR) is 78.4 cm³/mol. The molecule has 0 bridgehead atoms. The second-order valence-corrected chi connectivity index (χ2v) is 4.17. The quantitative estimate of drug-likeness (QED) is 0.378. The van der Waals surface area contributed by atoms with E-state index in [1.165, 1.54) is 44.6 Å². The fourth-order valence-corrected chi connectivity index (χ4v) is 1.58. The van der Waals surface area contributed by atoms with Crippen molar-refractivity contribution in [2.75, 3.05) is 12.4 Å². The van der Waals surface area contributed by atoms with Gasteiger partial charge in [-0.25, -0.2) is 4.39 Å². The molecular weight excluding hydrogens is 283 g/mol. The topological polar surface area (TPSA) is 50.7 Å². The average Bonchev–Trinajstić information content (AvgIpc) is 2.41. The molecule has 0 aliphatic rings. The van der Waals surface area contributed by atoms with Crippen molar-refractivity contribution in [3.63, 3.8) is 0 Å². The van der Waals surface area contributed by atoms with Crippen LogP contribution in [0.1, 0.15) is 6.92 Å². The normalized spacial score (nSPS) is 12.0. The summed E-state index contributed by atoms with van der Waals surface area (Å²) in [6.45, 7) is 4.70. The van der Waals surface area contributed by atoms with Crippen molar-refractivity contribution in [3.8, 4) is 0 Å². The Morgan fingerprint density at radius 2 is 2.25 bits per heavy atom. The van der Waals surface area contributed by atoms with Gasteiger partial charge in [0.15, 0.2) is 5.78 Å². The maximum absolute atomic E-state index is 13.0. The van der Waals surface area contributed by atoms with Gasteiger partial charge in [-0.15, -0.1) is 0 Å². The summed E-state index contributed by atoms with van der Waals surface area (Å²) in [5.41, 5.74) is 0.817. The Hall–Kier alpha value is -2.14. The number of nitrogens with one attached hydrogen (secondary N) is 1. The molecule has 20 heavy (non-hydrogen) atoms. The molecule has 1 N–H and O–H groups in total. The highest BCUT2D eigenvalue weighted by atomic mass is 35.5. The number of benzene rings is 1. The van der Waals surface area contributed by atoms with Crippen LogP contribution in [0.15, 0.2) is 46.9 Å². The highest BCUT2D eigenvalue weighted by Gasteiger charge is 2.11. The van der Waals surface area contributed by atoms with E-state index < -0.39 is 5.82 Å². The van der Waals surface area contributed by atoms with Gasteiger partial charge in [0, 0.05) is 11.9 Å². The molecule has 4 nitrogen and oxygen atoms in total. The molecule has 0 spiro atoms. The number of methoxy groups -OCH3 is 1. The van der Waals surface area contributed by atoms with Gasteiger partial charge in [0.25, 0.3) is 0 Å². The van der Waals surface area contributed by atoms with Gasteiger partial charge in [0.2, 0.25) is 0 Å². The van der Waals surface area contributed by atoms with E-state index in [1.54, 1.807) is 0 Å².